The van der Waals surface area contributed by atoms with Gasteiger partial charge in [0.2, 0.25) is 0 Å². The Balaban J connectivity index is 1.11. The van der Waals surface area contributed by atoms with Crippen LogP contribution in [0.2, 0.25) is 0 Å². The van der Waals surface area contributed by atoms with Crippen molar-refractivity contribution in [1.29, 1.82) is 0 Å². The zero-order chi connectivity index (χ0) is 31.2. The number of thiazole rings is 1. The smallest absolute Gasteiger partial charge is 0.323 e. The molecule has 1 aliphatic heterocycles. The number of aromatic nitrogens is 3. The van der Waals surface area contributed by atoms with E-state index in [1.807, 2.05) is 42.5 Å². The first-order valence-corrected chi connectivity index (χ1v) is 15.5. The van der Waals surface area contributed by atoms with Gasteiger partial charge in [-0.15, -0.1) is 0 Å². The number of carbonyl (C=O) groups excluding carboxylic acids is 1. The van der Waals surface area contributed by atoms with E-state index in [1.54, 1.807) is 26.4 Å². The monoisotopic (exact) mass is 628 g/mol. The van der Waals surface area contributed by atoms with E-state index >= 15 is 0 Å². The molecule has 0 atom stereocenters. The highest BCUT2D eigenvalue weighted by molar-refractivity contribution is 7.22. The van der Waals surface area contributed by atoms with E-state index in [4.69, 9.17) is 19.2 Å². The zero-order valence-corrected chi connectivity index (χ0v) is 26.3. The summed E-state index contributed by atoms with van der Waals surface area (Å²) < 4.78 is 17.9. The third-order valence-corrected chi connectivity index (χ3v) is 8.53. The van der Waals surface area contributed by atoms with Gasteiger partial charge in [0.1, 0.15) is 17.9 Å². The molecule has 2 amide bonds. The van der Waals surface area contributed by atoms with Crippen LogP contribution in [0.4, 0.5) is 27.1 Å². The standard InChI is InChI=1S/C32H36N8O4S/c1-39-11-13-40(14-12-39)10-5-15-44-28-19-26-24(18-27(28)43-3)30(34-20-33-26)38-32-37-25-9-8-22(17-29(25)45-32)36-31(41)35-21-6-4-7-23(16-21)42-2/h4,6-9,16-20H,5,10-15H2,1-3H3,(H2,35,36,41)(H,33,34,37,38). The van der Waals surface area contributed by atoms with Crippen LogP contribution in [0, 0.1) is 0 Å². The van der Waals surface area contributed by atoms with Crippen molar-refractivity contribution in [2.45, 2.75) is 6.42 Å². The van der Waals surface area contributed by atoms with Crippen molar-refractivity contribution in [3.8, 4) is 17.2 Å². The average Bonchev–Trinajstić information content (AvgIpc) is 3.45. The van der Waals surface area contributed by atoms with E-state index in [0.29, 0.717) is 46.2 Å². The molecule has 1 fully saturated rings. The lowest BCUT2D eigenvalue weighted by molar-refractivity contribution is 0.145. The molecule has 3 aromatic carbocycles. The number of nitrogens with one attached hydrogen (secondary N) is 3. The van der Waals surface area contributed by atoms with Gasteiger partial charge in [-0.1, -0.05) is 17.4 Å². The van der Waals surface area contributed by atoms with Gasteiger partial charge in [0, 0.05) is 61.6 Å². The van der Waals surface area contributed by atoms with Crippen molar-refractivity contribution in [1.82, 2.24) is 24.8 Å². The predicted molar refractivity (Wildman–Crippen MR) is 179 cm³/mol. The van der Waals surface area contributed by atoms with Crippen LogP contribution >= 0.6 is 11.3 Å². The van der Waals surface area contributed by atoms with Crippen LogP contribution in [0.15, 0.2) is 60.9 Å². The number of benzene rings is 3. The molecular formula is C32H36N8O4S. The highest BCUT2D eigenvalue weighted by atomic mass is 32.1. The van der Waals surface area contributed by atoms with Gasteiger partial charge >= 0.3 is 6.03 Å². The molecule has 13 heteroatoms. The molecule has 0 aliphatic carbocycles. The number of nitrogens with zero attached hydrogens (tertiary/aromatic N) is 5. The van der Waals surface area contributed by atoms with Crippen molar-refractivity contribution in [2.24, 2.45) is 0 Å². The fraction of sp³-hybridized carbons (Fsp3) is 0.312. The molecule has 0 radical (unpaired) electrons. The molecule has 0 unspecified atom stereocenters. The average molecular weight is 629 g/mol. The number of likely N-dealkylation sites (N-methyl/N-ethyl adjacent to an activating group) is 1. The van der Waals surface area contributed by atoms with E-state index < -0.39 is 0 Å². The molecule has 6 rings (SSSR count). The Kier molecular flexibility index (Phi) is 9.38. The normalized spacial score (nSPS) is 13.9. The van der Waals surface area contributed by atoms with E-state index in [-0.39, 0.29) is 6.03 Å². The summed E-state index contributed by atoms with van der Waals surface area (Å²) in [4.78, 5) is 31.1. The predicted octanol–water partition coefficient (Wildman–Crippen LogP) is 5.66. The SMILES string of the molecule is COc1cccc(NC(=O)Nc2ccc3nc(Nc4ncnc5cc(OCCCN6CCN(C)CC6)c(OC)cc45)sc3c2)c1. The Morgan fingerprint density at radius 1 is 0.911 bits per heavy atom. The summed E-state index contributed by atoms with van der Waals surface area (Å²) in [6.45, 7) is 6.01. The molecule has 2 aromatic heterocycles. The lowest BCUT2D eigenvalue weighted by Crippen LogP contribution is -2.44. The number of hydrogen-bond donors (Lipinski definition) is 3. The highest BCUT2D eigenvalue weighted by Gasteiger charge is 2.16. The minimum Gasteiger partial charge on any atom is -0.497 e. The van der Waals surface area contributed by atoms with Crippen LogP contribution in [-0.4, -0.2) is 91.4 Å². The van der Waals surface area contributed by atoms with Gasteiger partial charge in [-0.25, -0.2) is 19.7 Å². The summed E-state index contributed by atoms with van der Waals surface area (Å²) in [6.07, 6.45) is 2.45. The molecule has 45 heavy (non-hydrogen) atoms. The van der Waals surface area contributed by atoms with Crippen LogP contribution in [0.25, 0.3) is 21.1 Å². The molecule has 234 valence electrons. The molecule has 1 aliphatic rings. The Morgan fingerprint density at radius 3 is 2.53 bits per heavy atom. The number of piperazine rings is 1. The summed E-state index contributed by atoms with van der Waals surface area (Å²) in [6, 6.07) is 16.2. The van der Waals surface area contributed by atoms with Gasteiger partial charge in [-0.3, -0.25) is 0 Å². The van der Waals surface area contributed by atoms with Crippen molar-refractivity contribution in [2.75, 3.05) is 76.5 Å². The van der Waals surface area contributed by atoms with E-state index in [2.05, 4.69) is 42.8 Å². The number of hydrogen-bond acceptors (Lipinski definition) is 11. The third-order valence-electron chi connectivity index (χ3n) is 7.59. The number of anilines is 4. The van der Waals surface area contributed by atoms with E-state index in [0.717, 1.165) is 60.3 Å². The first kappa shape index (κ1) is 30.3. The largest absolute Gasteiger partial charge is 0.497 e. The number of carbonyl (C=O) groups is 1. The number of ether oxygens (including phenoxy) is 3. The second-order valence-corrected chi connectivity index (χ2v) is 11.8. The summed E-state index contributed by atoms with van der Waals surface area (Å²) >= 11 is 1.46. The Bertz CT molecular complexity index is 1790. The Labute approximate surface area is 265 Å². The molecular weight excluding hydrogens is 592 g/mol. The van der Waals surface area contributed by atoms with Crippen LogP contribution in [0.5, 0.6) is 17.2 Å². The van der Waals surface area contributed by atoms with Crippen LogP contribution in [-0.2, 0) is 0 Å². The molecule has 3 N–H and O–H groups in total. The highest BCUT2D eigenvalue weighted by Crippen LogP contribution is 2.36. The van der Waals surface area contributed by atoms with Crippen LogP contribution in [0.3, 0.4) is 0 Å². The maximum atomic E-state index is 12.6. The number of fused-ring (bicyclic) bond motifs is 2. The summed E-state index contributed by atoms with van der Waals surface area (Å²) in [5.74, 6) is 2.54. The second-order valence-electron chi connectivity index (χ2n) is 10.7. The first-order valence-electron chi connectivity index (χ1n) is 14.7. The molecule has 1 saturated heterocycles. The van der Waals surface area contributed by atoms with Crippen molar-refractivity contribution in [3.63, 3.8) is 0 Å². The van der Waals surface area contributed by atoms with Crippen LogP contribution in [0.1, 0.15) is 6.42 Å². The fourth-order valence-corrected chi connectivity index (χ4v) is 6.03. The lowest BCUT2D eigenvalue weighted by atomic mass is 10.2. The molecule has 0 spiro atoms. The Morgan fingerprint density at radius 2 is 1.73 bits per heavy atom. The van der Waals surface area contributed by atoms with Gasteiger partial charge in [0.05, 0.1) is 36.6 Å². The van der Waals surface area contributed by atoms with Gasteiger partial charge in [-0.05, 0) is 49.9 Å². The summed E-state index contributed by atoms with van der Waals surface area (Å²) in [7, 11) is 5.38. The molecule has 3 heterocycles. The molecule has 5 aromatic rings. The maximum Gasteiger partial charge on any atom is 0.323 e. The number of rotatable bonds is 11. The maximum absolute atomic E-state index is 12.6. The Hall–Kier alpha value is -4.72. The first-order chi connectivity index (χ1) is 22.0. The van der Waals surface area contributed by atoms with Crippen molar-refractivity contribution < 1.29 is 19.0 Å². The second kappa shape index (κ2) is 13.9. The molecule has 0 saturated carbocycles. The van der Waals surface area contributed by atoms with E-state index in [1.165, 1.54) is 17.7 Å². The lowest BCUT2D eigenvalue weighted by Gasteiger charge is -2.32. The van der Waals surface area contributed by atoms with Crippen LogP contribution < -0.4 is 30.2 Å². The summed E-state index contributed by atoms with van der Waals surface area (Å²) in [5.41, 5.74) is 2.80. The van der Waals surface area contributed by atoms with Gasteiger partial charge in [0.15, 0.2) is 16.6 Å². The minimum absolute atomic E-state index is 0.356. The molecule has 0 bridgehead atoms. The van der Waals surface area contributed by atoms with Crippen molar-refractivity contribution in [3.05, 3.63) is 60.9 Å². The van der Waals surface area contributed by atoms with Gasteiger partial charge < -0.3 is 40.0 Å². The van der Waals surface area contributed by atoms with Gasteiger partial charge in [0.25, 0.3) is 0 Å². The summed E-state index contributed by atoms with van der Waals surface area (Å²) in [5, 5.41) is 10.5. The number of urea groups is 1. The number of methoxy groups -OCH3 is 2. The zero-order valence-electron chi connectivity index (χ0n) is 25.5. The fourth-order valence-electron chi connectivity index (χ4n) is 5.13. The molecule has 12 nitrogen and oxygen atoms in total. The minimum atomic E-state index is -0.356. The number of amides is 2. The quantitative estimate of drug-likeness (QED) is 0.158. The van der Waals surface area contributed by atoms with Crippen molar-refractivity contribution >= 4 is 60.8 Å². The topological polar surface area (TPSA) is 126 Å². The van der Waals surface area contributed by atoms with E-state index in [9.17, 15) is 4.79 Å². The third kappa shape index (κ3) is 7.51. The van der Waals surface area contributed by atoms with Gasteiger partial charge in [-0.2, -0.15) is 0 Å².